The molecule has 0 radical (unpaired) electrons. The van der Waals surface area contributed by atoms with Crippen LogP contribution < -0.4 is 4.74 Å². The van der Waals surface area contributed by atoms with Crippen LogP contribution in [0.5, 0.6) is 5.75 Å². The van der Waals surface area contributed by atoms with E-state index in [0.29, 0.717) is 16.9 Å². The van der Waals surface area contributed by atoms with Crippen molar-refractivity contribution in [2.24, 2.45) is 0 Å². The molecule has 0 saturated carbocycles. The Bertz CT molecular complexity index is 633. The lowest BCUT2D eigenvalue weighted by Crippen LogP contribution is -1.90. The summed E-state index contributed by atoms with van der Waals surface area (Å²) in [6.07, 6.45) is 0. The maximum Gasteiger partial charge on any atom is 0.144 e. The number of ether oxygens (including phenoxy) is 1. The summed E-state index contributed by atoms with van der Waals surface area (Å²) in [5.74, 6) is 0.560. The summed E-state index contributed by atoms with van der Waals surface area (Å²) >= 11 is 0. The molecule has 0 aliphatic carbocycles. The van der Waals surface area contributed by atoms with E-state index < -0.39 is 0 Å². The SMILES string of the molecule is COc1c(C#N)ccc2cc(C#N)ccc12. The molecule has 2 aromatic carbocycles. The standard InChI is InChI=1S/C13H8N2O/c1-16-13-11(8-15)4-3-10-6-9(7-14)2-5-12(10)13/h2-6H,1H3. The minimum atomic E-state index is 0.500. The molecule has 3 nitrogen and oxygen atoms in total. The highest BCUT2D eigenvalue weighted by atomic mass is 16.5. The van der Waals surface area contributed by atoms with Crippen molar-refractivity contribution in [3.8, 4) is 17.9 Å². The molecule has 0 N–H and O–H groups in total. The largest absolute Gasteiger partial charge is 0.495 e. The van der Waals surface area contributed by atoms with Gasteiger partial charge in [-0.1, -0.05) is 6.07 Å². The quantitative estimate of drug-likeness (QED) is 0.723. The Hall–Kier alpha value is -2.52. The molecule has 0 unspecified atom stereocenters. The van der Waals surface area contributed by atoms with Crippen LogP contribution in [0.25, 0.3) is 10.8 Å². The van der Waals surface area contributed by atoms with E-state index in [1.807, 2.05) is 6.07 Å². The summed E-state index contributed by atoms with van der Waals surface area (Å²) < 4.78 is 5.22. The van der Waals surface area contributed by atoms with Gasteiger partial charge in [0.15, 0.2) is 0 Å². The van der Waals surface area contributed by atoms with Gasteiger partial charge in [0, 0.05) is 5.39 Å². The molecular weight excluding hydrogens is 200 g/mol. The number of nitrogens with zero attached hydrogens (tertiary/aromatic N) is 2. The smallest absolute Gasteiger partial charge is 0.144 e. The summed E-state index contributed by atoms with van der Waals surface area (Å²) in [6.45, 7) is 0. The highest BCUT2D eigenvalue weighted by molar-refractivity contribution is 5.91. The molecule has 0 heterocycles. The summed E-state index contributed by atoms with van der Waals surface area (Å²) in [5.41, 5.74) is 1.10. The van der Waals surface area contributed by atoms with Crippen molar-refractivity contribution >= 4 is 10.8 Å². The van der Waals surface area contributed by atoms with Crippen molar-refractivity contribution < 1.29 is 4.74 Å². The van der Waals surface area contributed by atoms with Gasteiger partial charge in [0.2, 0.25) is 0 Å². The molecule has 0 spiro atoms. The Kier molecular flexibility index (Phi) is 2.45. The van der Waals surface area contributed by atoms with Gasteiger partial charge in [-0.2, -0.15) is 10.5 Å². The molecule has 16 heavy (non-hydrogen) atoms. The van der Waals surface area contributed by atoms with E-state index in [-0.39, 0.29) is 0 Å². The fraction of sp³-hybridized carbons (Fsp3) is 0.0769. The molecular formula is C13H8N2O. The third kappa shape index (κ3) is 1.45. The van der Waals surface area contributed by atoms with E-state index in [4.69, 9.17) is 15.3 Å². The molecule has 0 aromatic heterocycles. The van der Waals surface area contributed by atoms with Gasteiger partial charge in [0.05, 0.1) is 24.3 Å². The fourth-order valence-corrected chi connectivity index (χ4v) is 1.68. The predicted molar refractivity (Wildman–Crippen MR) is 59.9 cm³/mol. The van der Waals surface area contributed by atoms with Gasteiger partial charge < -0.3 is 4.74 Å². The van der Waals surface area contributed by atoms with E-state index in [1.54, 1.807) is 24.3 Å². The zero-order valence-electron chi connectivity index (χ0n) is 8.69. The molecule has 2 rings (SSSR count). The van der Waals surface area contributed by atoms with E-state index >= 15 is 0 Å². The van der Waals surface area contributed by atoms with Crippen LogP contribution in [0.15, 0.2) is 30.3 Å². The van der Waals surface area contributed by atoms with Crippen molar-refractivity contribution in [3.05, 3.63) is 41.5 Å². The van der Waals surface area contributed by atoms with Crippen molar-refractivity contribution in [3.63, 3.8) is 0 Å². The molecule has 76 valence electrons. The normalized spacial score (nSPS) is 9.44. The number of nitriles is 2. The second-order valence-corrected chi connectivity index (χ2v) is 3.31. The fourth-order valence-electron chi connectivity index (χ4n) is 1.68. The van der Waals surface area contributed by atoms with Gasteiger partial charge in [0.1, 0.15) is 11.8 Å². The van der Waals surface area contributed by atoms with Crippen LogP contribution >= 0.6 is 0 Å². The first kappa shape index (κ1) is 10.0. The molecule has 0 amide bonds. The molecule has 0 bridgehead atoms. The second kappa shape index (κ2) is 3.92. The number of rotatable bonds is 1. The molecule has 0 saturated heterocycles. The van der Waals surface area contributed by atoms with E-state index in [1.165, 1.54) is 7.11 Å². The lowest BCUT2D eigenvalue weighted by Gasteiger charge is -2.07. The maximum absolute atomic E-state index is 8.93. The number of methoxy groups -OCH3 is 1. The topological polar surface area (TPSA) is 56.8 Å². The number of hydrogen-bond acceptors (Lipinski definition) is 3. The molecule has 0 fully saturated rings. The average molecular weight is 208 g/mol. The van der Waals surface area contributed by atoms with Gasteiger partial charge >= 0.3 is 0 Å². The first-order valence-electron chi connectivity index (χ1n) is 4.71. The Morgan fingerprint density at radius 1 is 1.06 bits per heavy atom. The van der Waals surface area contributed by atoms with Gasteiger partial charge in [-0.3, -0.25) is 0 Å². The molecule has 0 aliphatic rings. The first-order valence-corrected chi connectivity index (χ1v) is 4.71. The monoisotopic (exact) mass is 208 g/mol. The number of fused-ring (bicyclic) bond motifs is 1. The molecule has 3 heteroatoms. The van der Waals surface area contributed by atoms with Gasteiger partial charge in [0.25, 0.3) is 0 Å². The van der Waals surface area contributed by atoms with Crippen LogP contribution in [0.1, 0.15) is 11.1 Å². The Balaban J connectivity index is 2.81. The van der Waals surface area contributed by atoms with Crippen LogP contribution in [0.4, 0.5) is 0 Å². The van der Waals surface area contributed by atoms with Crippen LogP contribution in [-0.4, -0.2) is 7.11 Å². The Morgan fingerprint density at radius 3 is 2.50 bits per heavy atom. The van der Waals surface area contributed by atoms with E-state index in [9.17, 15) is 0 Å². The van der Waals surface area contributed by atoms with Crippen molar-refractivity contribution in [1.29, 1.82) is 10.5 Å². The minimum Gasteiger partial charge on any atom is -0.495 e. The van der Waals surface area contributed by atoms with E-state index in [2.05, 4.69) is 12.1 Å². The van der Waals surface area contributed by atoms with Crippen LogP contribution in [0, 0.1) is 22.7 Å². The maximum atomic E-state index is 8.93. The third-order valence-electron chi connectivity index (χ3n) is 2.42. The highest BCUT2D eigenvalue weighted by Gasteiger charge is 2.07. The van der Waals surface area contributed by atoms with Gasteiger partial charge in [-0.25, -0.2) is 0 Å². The average Bonchev–Trinajstić information content (AvgIpc) is 2.36. The zero-order valence-corrected chi connectivity index (χ0v) is 8.69. The number of hydrogen-bond donors (Lipinski definition) is 0. The van der Waals surface area contributed by atoms with Crippen LogP contribution in [0.3, 0.4) is 0 Å². The summed E-state index contributed by atoms with van der Waals surface area (Å²) in [7, 11) is 1.54. The lowest BCUT2D eigenvalue weighted by molar-refractivity contribution is 0.418. The molecule has 0 aliphatic heterocycles. The third-order valence-corrected chi connectivity index (χ3v) is 2.42. The predicted octanol–water partition coefficient (Wildman–Crippen LogP) is 2.59. The van der Waals surface area contributed by atoms with Crippen molar-refractivity contribution in [2.75, 3.05) is 7.11 Å². The summed E-state index contributed by atoms with van der Waals surface area (Å²) in [5, 5.41) is 19.5. The van der Waals surface area contributed by atoms with E-state index in [0.717, 1.165) is 10.8 Å². The number of benzene rings is 2. The first-order chi connectivity index (χ1) is 7.80. The second-order valence-electron chi connectivity index (χ2n) is 3.31. The van der Waals surface area contributed by atoms with Gasteiger partial charge in [-0.05, 0) is 29.7 Å². The van der Waals surface area contributed by atoms with Crippen molar-refractivity contribution in [1.82, 2.24) is 0 Å². The summed E-state index contributed by atoms with van der Waals surface area (Å²) in [6, 6.07) is 13.0. The van der Waals surface area contributed by atoms with Crippen LogP contribution in [-0.2, 0) is 0 Å². The van der Waals surface area contributed by atoms with Crippen molar-refractivity contribution in [2.45, 2.75) is 0 Å². The van der Waals surface area contributed by atoms with Gasteiger partial charge in [-0.15, -0.1) is 0 Å². The molecule has 2 aromatic rings. The summed E-state index contributed by atoms with van der Waals surface area (Å²) in [4.78, 5) is 0. The lowest BCUT2D eigenvalue weighted by atomic mass is 10.0. The Labute approximate surface area is 93.1 Å². The zero-order chi connectivity index (χ0) is 11.5. The highest BCUT2D eigenvalue weighted by Crippen LogP contribution is 2.29. The Morgan fingerprint density at radius 2 is 1.88 bits per heavy atom. The molecule has 0 atom stereocenters. The van der Waals surface area contributed by atoms with Crippen LogP contribution in [0.2, 0.25) is 0 Å². The minimum absolute atomic E-state index is 0.500.